The van der Waals surface area contributed by atoms with E-state index in [-0.39, 0.29) is 12.4 Å². The zero-order valence-electron chi connectivity index (χ0n) is 16.1. The molecule has 0 radical (unpaired) electrons. The first-order valence-electron chi connectivity index (χ1n) is 9.15. The first-order chi connectivity index (χ1) is 14.8. The molecule has 0 spiro atoms. The van der Waals surface area contributed by atoms with Gasteiger partial charge in [-0.3, -0.25) is 10.3 Å². The number of carbonyl (C=O) groups is 1. The minimum absolute atomic E-state index is 0.0892. The van der Waals surface area contributed by atoms with Crippen LogP contribution < -0.4 is 10.6 Å². The molecule has 0 fully saturated rings. The number of hydrogen-bond donors (Lipinski definition) is 2. The molecule has 2 amide bonds. The molecule has 13 heteroatoms. The van der Waals surface area contributed by atoms with Crippen molar-refractivity contribution in [3.05, 3.63) is 54.4 Å². The van der Waals surface area contributed by atoms with Gasteiger partial charge in [0.2, 0.25) is 0 Å². The maximum atomic E-state index is 12.9. The van der Waals surface area contributed by atoms with Crippen molar-refractivity contribution >= 4 is 17.5 Å². The molecule has 0 bridgehead atoms. The molecule has 2 N–H and O–H groups in total. The number of urea groups is 1. The summed E-state index contributed by atoms with van der Waals surface area (Å²) < 4.78 is 40.4. The van der Waals surface area contributed by atoms with Crippen molar-refractivity contribution in [2.75, 3.05) is 5.32 Å². The van der Waals surface area contributed by atoms with Crippen LogP contribution in [0.3, 0.4) is 0 Å². The van der Waals surface area contributed by atoms with Gasteiger partial charge in [-0.25, -0.2) is 9.78 Å². The van der Waals surface area contributed by atoms with Gasteiger partial charge in [-0.15, -0.1) is 10.2 Å². The lowest BCUT2D eigenvalue weighted by molar-refractivity contribution is -0.137. The highest BCUT2D eigenvalue weighted by molar-refractivity contribution is 5.88. The molecule has 4 aromatic rings. The Kier molecular flexibility index (Phi) is 5.23. The fraction of sp³-hybridized carbons (Fsp3) is 0.222. The first-order valence-corrected chi connectivity index (χ1v) is 9.15. The smallest absolute Gasteiger partial charge is 0.330 e. The Balaban J connectivity index is 1.47. The summed E-state index contributed by atoms with van der Waals surface area (Å²) in [6, 6.07) is 3.77. The molecule has 31 heavy (non-hydrogen) atoms. The third-order valence-corrected chi connectivity index (χ3v) is 4.28. The molecular formula is C18H16F3N9O. The molecule has 0 saturated carbocycles. The van der Waals surface area contributed by atoms with Gasteiger partial charge in [0.1, 0.15) is 5.65 Å². The molecule has 0 aromatic carbocycles. The number of fused-ring (bicyclic) bond motifs is 1. The molecule has 4 aromatic heterocycles. The number of pyridine rings is 2. The summed E-state index contributed by atoms with van der Waals surface area (Å²) >= 11 is 0. The minimum Gasteiger partial charge on any atom is -0.330 e. The number of tetrazole rings is 1. The number of hydrogen-bond acceptors (Lipinski definition) is 6. The van der Waals surface area contributed by atoms with E-state index in [2.05, 4.69) is 36.0 Å². The molecule has 0 aliphatic carbocycles. The summed E-state index contributed by atoms with van der Waals surface area (Å²) in [5.74, 6) is 0.633. The van der Waals surface area contributed by atoms with Crippen molar-refractivity contribution < 1.29 is 18.0 Å². The van der Waals surface area contributed by atoms with Crippen molar-refractivity contribution in [3.8, 4) is 11.1 Å². The maximum absolute atomic E-state index is 12.9. The number of nitrogens with one attached hydrogen (secondary N) is 2. The van der Waals surface area contributed by atoms with Crippen LogP contribution >= 0.6 is 0 Å². The van der Waals surface area contributed by atoms with E-state index in [1.807, 2.05) is 6.92 Å². The molecule has 10 nitrogen and oxygen atoms in total. The monoisotopic (exact) mass is 431 g/mol. The van der Waals surface area contributed by atoms with Crippen LogP contribution in [0, 0.1) is 0 Å². The van der Waals surface area contributed by atoms with Gasteiger partial charge in [0.25, 0.3) is 0 Å². The van der Waals surface area contributed by atoms with Crippen LogP contribution in [0.4, 0.5) is 23.8 Å². The van der Waals surface area contributed by atoms with E-state index in [9.17, 15) is 18.0 Å². The Labute approximate surface area is 173 Å². The number of rotatable bonds is 5. The van der Waals surface area contributed by atoms with E-state index >= 15 is 0 Å². The Bertz CT molecular complexity index is 1230. The van der Waals surface area contributed by atoms with Crippen molar-refractivity contribution in [2.24, 2.45) is 0 Å². The van der Waals surface area contributed by atoms with Gasteiger partial charge in [-0.2, -0.15) is 18.0 Å². The van der Waals surface area contributed by atoms with Crippen LogP contribution in [0.5, 0.6) is 0 Å². The van der Waals surface area contributed by atoms with Crippen LogP contribution in [0.1, 0.15) is 18.3 Å². The van der Waals surface area contributed by atoms with Gasteiger partial charge < -0.3 is 9.72 Å². The highest BCUT2D eigenvalue weighted by Gasteiger charge is 2.31. The van der Waals surface area contributed by atoms with E-state index in [1.54, 1.807) is 28.9 Å². The van der Waals surface area contributed by atoms with Crippen LogP contribution in [-0.4, -0.2) is 40.6 Å². The maximum Gasteiger partial charge on any atom is 0.417 e. The van der Waals surface area contributed by atoms with Crippen LogP contribution in [0.2, 0.25) is 0 Å². The average Bonchev–Trinajstić information content (AvgIpc) is 3.37. The molecule has 0 unspecified atom stereocenters. The molecule has 160 valence electrons. The van der Waals surface area contributed by atoms with Gasteiger partial charge in [-0.1, -0.05) is 0 Å². The summed E-state index contributed by atoms with van der Waals surface area (Å²) in [6.07, 6.45) is 0.800. The molecule has 4 heterocycles. The van der Waals surface area contributed by atoms with E-state index < -0.39 is 17.8 Å². The molecule has 0 atom stereocenters. The SMILES string of the molecule is CCn1nnc(CNC(=O)Nc2cn3cc(-c4cncc(C(F)(F)F)c4)ccc3n2)n1. The summed E-state index contributed by atoms with van der Waals surface area (Å²) in [4.78, 5) is 21.4. The first kappa shape index (κ1) is 20.3. The number of imidazole rings is 1. The van der Waals surface area contributed by atoms with Crippen molar-refractivity contribution in [1.29, 1.82) is 0 Å². The molecule has 4 rings (SSSR count). The second kappa shape index (κ2) is 8.01. The van der Waals surface area contributed by atoms with Gasteiger partial charge in [0, 0.05) is 29.7 Å². The Morgan fingerprint density at radius 2 is 2.00 bits per heavy atom. The van der Waals surface area contributed by atoms with Crippen LogP contribution in [0.15, 0.2) is 43.0 Å². The van der Waals surface area contributed by atoms with Crippen molar-refractivity contribution in [2.45, 2.75) is 26.2 Å². The Morgan fingerprint density at radius 3 is 2.74 bits per heavy atom. The second-order valence-corrected chi connectivity index (χ2v) is 6.47. The molecular weight excluding hydrogens is 415 g/mol. The largest absolute Gasteiger partial charge is 0.417 e. The lowest BCUT2D eigenvalue weighted by Gasteiger charge is -2.08. The van der Waals surface area contributed by atoms with Gasteiger partial charge in [-0.05, 0) is 30.3 Å². The standard InChI is InChI=1S/C18H16F3N9O/c1-2-30-27-14(26-28-30)8-23-17(31)25-15-10-29-9-11(3-4-16(29)24-15)12-5-13(7-22-6-12)18(19,20)21/h3-7,9-10H,2,8H2,1H3,(H2,23,25,31). The normalized spacial score (nSPS) is 11.6. The fourth-order valence-electron chi connectivity index (χ4n) is 2.78. The number of halogens is 3. The summed E-state index contributed by atoms with van der Waals surface area (Å²) in [5.41, 5.74) is 0.504. The number of anilines is 1. The topological polar surface area (TPSA) is 115 Å². The molecule has 0 aliphatic rings. The highest BCUT2D eigenvalue weighted by Crippen LogP contribution is 2.31. The van der Waals surface area contributed by atoms with E-state index in [4.69, 9.17) is 0 Å². The lowest BCUT2D eigenvalue weighted by atomic mass is 10.1. The van der Waals surface area contributed by atoms with Gasteiger partial charge in [0.15, 0.2) is 11.6 Å². The Hall–Kier alpha value is -4.03. The lowest BCUT2D eigenvalue weighted by Crippen LogP contribution is -2.28. The molecule has 0 saturated heterocycles. The second-order valence-electron chi connectivity index (χ2n) is 6.47. The zero-order valence-corrected chi connectivity index (χ0v) is 16.1. The third-order valence-electron chi connectivity index (χ3n) is 4.28. The Morgan fingerprint density at radius 1 is 1.16 bits per heavy atom. The summed E-state index contributed by atoms with van der Waals surface area (Å²) in [7, 11) is 0. The van der Waals surface area contributed by atoms with E-state index in [1.165, 1.54) is 11.0 Å². The highest BCUT2D eigenvalue weighted by atomic mass is 19.4. The number of aryl methyl sites for hydroxylation is 1. The number of nitrogens with zero attached hydrogens (tertiary/aromatic N) is 7. The zero-order chi connectivity index (χ0) is 22.0. The summed E-state index contributed by atoms with van der Waals surface area (Å²) in [6.45, 7) is 2.52. The van der Waals surface area contributed by atoms with Crippen LogP contribution in [-0.2, 0) is 19.3 Å². The summed E-state index contributed by atoms with van der Waals surface area (Å²) in [5, 5.41) is 16.8. The molecule has 0 aliphatic heterocycles. The number of aromatic nitrogens is 7. The number of carbonyl (C=O) groups excluding carboxylic acids is 1. The predicted molar refractivity (Wildman–Crippen MR) is 103 cm³/mol. The average molecular weight is 431 g/mol. The van der Waals surface area contributed by atoms with Gasteiger partial charge in [0.05, 0.1) is 24.8 Å². The minimum atomic E-state index is -4.48. The number of alkyl halides is 3. The van der Waals surface area contributed by atoms with Crippen LogP contribution in [0.25, 0.3) is 16.8 Å². The van der Waals surface area contributed by atoms with Gasteiger partial charge >= 0.3 is 12.2 Å². The number of amides is 2. The van der Waals surface area contributed by atoms with E-state index in [0.29, 0.717) is 29.1 Å². The predicted octanol–water partition coefficient (Wildman–Crippen LogP) is 2.74. The quantitative estimate of drug-likeness (QED) is 0.502. The fourth-order valence-corrected chi connectivity index (χ4v) is 2.78. The van der Waals surface area contributed by atoms with E-state index in [0.717, 1.165) is 12.3 Å². The third kappa shape index (κ3) is 4.60. The van der Waals surface area contributed by atoms with Crippen molar-refractivity contribution in [1.82, 2.24) is 39.9 Å². The van der Waals surface area contributed by atoms with Crippen molar-refractivity contribution in [3.63, 3.8) is 0 Å².